The molecule has 0 unspecified atom stereocenters. The van der Waals surface area contributed by atoms with E-state index in [2.05, 4.69) is 15.4 Å². The number of amides is 1. The number of ether oxygens (including phenoxy) is 2. The molecule has 0 radical (unpaired) electrons. The Morgan fingerprint density at radius 2 is 1.97 bits per heavy atom. The van der Waals surface area contributed by atoms with Gasteiger partial charge in [0.05, 0.1) is 17.2 Å². The highest BCUT2D eigenvalue weighted by Gasteiger charge is 2.19. The molecule has 9 heteroatoms. The lowest BCUT2D eigenvalue weighted by Crippen LogP contribution is -2.24. The predicted molar refractivity (Wildman–Crippen MR) is 120 cm³/mol. The zero-order valence-electron chi connectivity index (χ0n) is 17.3. The van der Waals surface area contributed by atoms with E-state index in [-0.39, 0.29) is 5.82 Å². The monoisotopic (exact) mass is 452 g/mol. The van der Waals surface area contributed by atoms with Gasteiger partial charge in [-0.1, -0.05) is 24.3 Å². The van der Waals surface area contributed by atoms with E-state index in [1.807, 2.05) is 41.8 Å². The van der Waals surface area contributed by atoms with Gasteiger partial charge in [-0.05, 0) is 47.3 Å². The Balaban J connectivity index is 1.48. The summed E-state index contributed by atoms with van der Waals surface area (Å²) >= 11 is 1.46. The molecule has 0 aliphatic carbocycles. The summed E-state index contributed by atoms with van der Waals surface area (Å²) in [6, 6.07) is 17.2. The molecule has 0 saturated carbocycles. The zero-order valence-corrected chi connectivity index (χ0v) is 18.1. The average molecular weight is 453 g/mol. The highest BCUT2D eigenvalue weighted by Crippen LogP contribution is 2.26. The molecule has 0 atom stereocenters. The number of rotatable bonds is 9. The largest absolute Gasteiger partial charge is 0.491 e. The van der Waals surface area contributed by atoms with Gasteiger partial charge in [-0.2, -0.15) is 0 Å². The van der Waals surface area contributed by atoms with Gasteiger partial charge in [0, 0.05) is 13.7 Å². The number of carbonyl (C=O) groups is 1. The summed E-state index contributed by atoms with van der Waals surface area (Å²) < 4.78 is 25.7. The molecule has 164 valence electrons. The summed E-state index contributed by atoms with van der Waals surface area (Å²) in [6.45, 7) is 1.29. The molecule has 0 aliphatic rings. The summed E-state index contributed by atoms with van der Waals surface area (Å²) in [5.74, 6) is 0.410. The highest BCUT2D eigenvalue weighted by atomic mass is 32.1. The third kappa shape index (κ3) is 5.19. The standard InChI is InChI=1S/C23H21FN4O3S/c1-30-11-12-31-19-9-7-16(8-10-19)15-25-23(29)21-26-22(20-6-3-13-32-20)28(27-21)18-5-2-4-17(24)14-18/h2-10,13-14H,11-12,15H2,1H3,(H,25,29). The average Bonchev–Trinajstić information content (AvgIpc) is 3.48. The molecule has 32 heavy (non-hydrogen) atoms. The van der Waals surface area contributed by atoms with E-state index < -0.39 is 11.7 Å². The number of hydrogen-bond acceptors (Lipinski definition) is 6. The van der Waals surface area contributed by atoms with Gasteiger partial charge in [0.15, 0.2) is 5.82 Å². The van der Waals surface area contributed by atoms with Crippen molar-refractivity contribution in [1.82, 2.24) is 20.1 Å². The number of benzene rings is 2. The van der Waals surface area contributed by atoms with Crippen molar-refractivity contribution in [2.75, 3.05) is 20.3 Å². The minimum atomic E-state index is -0.418. The van der Waals surface area contributed by atoms with Crippen molar-refractivity contribution in [2.45, 2.75) is 6.54 Å². The number of carbonyl (C=O) groups excluding carboxylic acids is 1. The molecular weight excluding hydrogens is 431 g/mol. The van der Waals surface area contributed by atoms with Crippen molar-refractivity contribution in [3.63, 3.8) is 0 Å². The van der Waals surface area contributed by atoms with Gasteiger partial charge in [-0.15, -0.1) is 16.4 Å². The second-order valence-electron chi connectivity index (χ2n) is 6.80. The Labute approximate surface area is 188 Å². The second-order valence-corrected chi connectivity index (χ2v) is 7.74. The Morgan fingerprint density at radius 1 is 1.12 bits per heavy atom. The van der Waals surface area contributed by atoms with Crippen molar-refractivity contribution in [1.29, 1.82) is 0 Å². The minimum absolute atomic E-state index is 0.0113. The fraction of sp³-hybridized carbons (Fsp3) is 0.174. The van der Waals surface area contributed by atoms with Gasteiger partial charge >= 0.3 is 0 Å². The van der Waals surface area contributed by atoms with Gasteiger partial charge in [0.2, 0.25) is 5.82 Å². The lowest BCUT2D eigenvalue weighted by molar-refractivity contribution is 0.0940. The molecular formula is C23H21FN4O3S. The van der Waals surface area contributed by atoms with Crippen LogP contribution in [0.25, 0.3) is 16.4 Å². The van der Waals surface area contributed by atoms with Crippen LogP contribution in [0.5, 0.6) is 5.75 Å². The molecule has 2 aromatic heterocycles. The first-order valence-electron chi connectivity index (χ1n) is 9.90. The molecule has 0 spiro atoms. The lowest BCUT2D eigenvalue weighted by Gasteiger charge is -2.07. The molecule has 0 bridgehead atoms. The van der Waals surface area contributed by atoms with Crippen LogP contribution >= 0.6 is 11.3 Å². The van der Waals surface area contributed by atoms with Crippen LogP contribution in [0.3, 0.4) is 0 Å². The van der Waals surface area contributed by atoms with Crippen LogP contribution in [0, 0.1) is 5.82 Å². The maximum atomic E-state index is 13.8. The van der Waals surface area contributed by atoms with Crippen LogP contribution in [0.2, 0.25) is 0 Å². The first kappa shape index (κ1) is 21.7. The van der Waals surface area contributed by atoms with Gasteiger partial charge < -0.3 is 14.8 Å². The molecule has 0 fully saturated rings. The Kier molecular flexibility index (Phi) is 6.88. The van der Waals surface area contributed by atoms with Crippen LogP contribution in [-0.2, 0) is 11.3 Å². The normalized spacial score (nSPS) is 10.8. The number of nitrogens with zero attached hydrogens (tertiary/aromatic N) is 3. The molecule has 4 rings (SSSR count). The minimum Gasteiger partial charge on any atom is -0.491 e. The Morgan fingerprint density at radius 3 is 2.69 bits per heavy atom. The van der Waals surface area contributed by atoms with Crippen molar-refractivity contribution in [3.05, 3.63) is 83.2 Å². The smallest absolute Gasteiger partial charge is 0.291 e. The zero-order chi connectivity index (χ0) is 22.3. The first-order valence-corrected chi connectivity index (χ1v) is 10.8. The number of hydrogen-bond donors (Lipinski definition) is 1. The topological polar surface area (TPSA) is 78.3 Å². The second kappa shape index (κ2) is 10.2. The van der Waals surface area contributed by atoms with Crippen molar-refractivity contribution < 1.29 is 18.7 Å². The maximum absolute atomic E-state index is 13.8. The van der Waals surface area contributed by atoms with E-state index in [0.717, 1.165) is 16.2 Å². The fourth-order valence-electron chi connectivity index (χ4n) is 2.97. The molecule has 1 amide bonds. The van der Waals surface area contributed by atoms with E-state index in [0.29, 0.717) is 31.3 Å². The fourth-order valence-corrected chi connectivity index (χ4v) is 3.67. The third-order valence-corrected chi connectivity index (χ3v) is 5.40. The van der Waals surface area contributed by atoms with Gasteiger partial charge in [-0.25, -0.2) is 14.1 Å². The van der Waals surface area contributed by atoms with Crippen LogP contribution in [0.15, 0.2) is 66.0 Å². The van der Waals surface area contributed by atoms with Gasteiger partial charge in [-0.3, -0.25) is 4.79 Å². The third-order valence-electron chi connectivity index (χ3n) is 4.54. The van der Waals surface area contributed by atoms with E-state index in [1.54, 1.807) is 19.2 Å². The summed E-state index contributed by atoms with van der Waals surface area (Å²) in [6.07, 6.45) is 0. The summed E-state index contributed by atoms with van der Waals surface area (Å²) in [5, 5.41) is 9.08. The molecule has 7 nitrogen and oxygen atoms in total. The van der Waals surface area contributed by atoms with E-state index in [9.17, 15) is 9.18 Å². The summed E-state index contributed by atoms with van der Waals surface area (Å²) in [4.78, 5) is 18.0. The summed E-state index contributed by atoms with van der Waals surface area (Å²) in [7, 11) is 1.62. The molecule has 2 aromatic carbocycles. The molecule has 1 N–H and O–H groups in total. The first-order chi connectivity index (χ1) is 15.6. The van der Waals surface area contributed by atoms with E-state index >= 15 is 0 Å². The van der Waals surface area contributed by atoms with Crippen LogP contribution in [-0.4, -0.2) is 41.0 Å². The number of halogens is 1. The van der Waals surface area contributed by atoms with Crippen molar-refractivity contribution >= 4 is 17.2 Å². The van der Waals surface area contributed by atoms with Crippen LogP contribution in [0.1, 0.15) is 16.2 Å². The number of nitrogens with one attached hydrogen (secondary N) is 1. The molecule has 4 aromatic rings. The molecule has 2 heterocycles. The van der Waals surface area contributed by atoms with Crippen LogP contribution < -0.4 is 10.1 Å². The van der Waals surface area contributed by atoms with Crippen LogP contribution in [0.4, 0.5) is 4.39 Å². The number of aromatic nitrogens is 3. The number of thiophene rings is 1. The van der Waals surface area contributed by atoms with Gasteiger partial charge in [0.25, 0.3) is 5.91 Å². The maximum Gasteiger partial charge on any atom is 0.291 e. The Bertz CT molecular complexity index is 1180. The lowest BCUT2D eigenvalue weighted by atomic mass is 10.2. The van der Waals surface area contributed by atoms with E-state index in [1.165, 1.54) is 28.2 Å². The molecule has 0 aliphatic heterocycles. The summed E-state index contributed by atoms with van der Waals surface area (Å²) in [5.41, 5.74) is 1.39. The Hall–Kier alpha value is -3.56. The van der Waals surface area contributed by atoms with E-state index in [4.69, 9.17) is 9.47 Å². The number of methoxy groups -OCH3 is 1. The quantitative estimate of drug-likeness (QED) is 0.387. The SMILES string of the molecule is COCCOc1ccc(CNC(=O)c2nc(-c3cccs3)n(-c3cccc(F)c3)n2)cc1. The van der Waals surface area contributed by atoms with Crippen molar-refractivity contribution in [2.24, 2.45) is 0 Å². The van der Waals surface area contributed by atoms with Crippen molar-refractivity contribution in [3.8, 4) is 22.1 Å². The van der Waals surface area contributed by atoms with Gasteiger partial charge in [0.1, 0.15) is 18.2 Å². The highest BCUT2D eigenvalue weighted by molar-refractivity contribution is 7.13. The predicted octanol–water partition coefficient (Wildman–Crippen LogP) is 4.09. The molecule has 0 saturated heterocycles.